The Morgan fingerprint density at radius 2 is 2.16 bits per heavy atom. The summed E-state index contributed by atoms with van der Waals surface area (Å²) >= 11 is 3.04. The van der Waals surface area contributed by atoms with E-state index in [0.717, 1.165) is 0 Å². The number of anilines is 1. The van der Waals surface area contributed by atoms with Gasteiger partial charge in [0.15, 0.2) is 0 Å². The lowest BCUT2D eigenvalue weighted by molar-refractivity contribution is 0.227. The van der Waals surface area contributed by atoms with Crippen LogP contribution in [0.3, 0.4) is 0 Å². The lowest BCUT2D eigenvalue weighted by Gasteiger charge is -2.21. The van der Waals surface area contributed by atoms with Gasteiger partial charge in [0.05, 0.1) is 4.47 Å². The van der Waals surface area contributed by atoms with E-state index in [2.05, 4.69) is 26.6 Å². The molecule has 1 rings (SSSR count). The second kappa shape index (κ2) is 7.45. The van der Waals surface area contributed by atoms with Crippen LogP contribution in [0.1, 0.15) is 20.3 Å². The fraction of sp³-hybridized carbons (Fsp3) is 0.462. The zero-order chi connectivity index (χ0) is 14.4. The third kappa shape index (κ3) is 5.16. The zero-order valence-electron chi connectivity index (χ0n) is 10.9. The van der Waals surface area contributed by atoms with E-state index in [0.29, 0.717) is 16.6 Å². The monoisotopic (exact) mass is 332 g/mol. The summed E-state index contributed by atoms with van der Waals surface area (Å²) in [6.45, 7) is 3.93. The number of aliphatic hydroxyl groups excluding tert-OH is 1. The Kier molecular flexibility index (Phi) is 6.24. The number of carbonyl (C=O) groups is 1. The van der Waals surface area contributed by atoms with Crippen LogP contribution in [0.5, 0.6) is 0 Å². The summed E-state index contributed by atoms with van der Waals surface area (Å²) in [4.78, 5) is 11.8. The Hall–Kier alpha value is -1.14. The average Bonchev–Trinajstić information content (AvgIpc) is 2.33. The molecule has 1 aromatic rings. The van der Waals surface area contributed by atoms with Gasteiger partial charge in [-0.2, -0.15) is 0 Å². The first-order chi connectivity index (χ1) is 8.93. The Morgan fingerprint density at radius 1 is 1.47 bits per heavy atom. The molecule has 3 N–H and O–H groups in total. The largest absolute Gasteiger partial charge is 0.396 e. The average molecular weight is 333 g/mol. The maximum absolute atomic E-state index is 13.3. The minimum Gasteiger partial charge on any atom is -0.396 e. The Labute approximate surface area is 120 Å². The minimum atomic E-state index is -0.437. The van der Waals surface area contributed by atoms with Gasteiger partial charge in [-0.15, -0.1) is 0 Å². The van der Waals surface area contributed by atoms with E-state index in [9.17, 15) is 9.18 Å². The summed E-state index contributed by atoms with van der Waals surface area (Å²) in [6, 6.07) is 3.83. The molecule has 0 aromatic heterocycles. The van der Waals surface area contributed by atoms with Crippen molar-refractivity contribution in [2.75, 3.05) is 11.9 Å². The smallest absolute Gasteiger partial charge is 0.319 e. The molecule has 19 heavy (non-hydrogen) atoms. The lowest BCUT2D eigenvalue weighted by Crippen LogP contribution is -2.41. The Balaban J connectivity index is 2.61. The van der Waals surface area contributed by atoms with Crippen molar-refractivity contribution in [2.24, 2.45) is 5.92 Å². The fourth-order valence-corrected chi connectivity index (χ4v) is 1.87. The predicted molar refractivity (Wildman–Crippen MR) is 76.6 cm³/mol. The van der Waals surface area contributed by atoms with Gasteiger partial charge >= 0.3 is 6.03 Å². The van der Waals surface area contributed by atoms with Gasteiger partial charge in [-0.3, -0.25) is 0 Å². The molecule has 2 amide bonds. The maximum Gasteiger partial charge on any atom is 0.319 e. The van der Waals surface area contributed by atoms with Gasteiger partial charge in [0.1, 0.15) is 5.82 Å². The molecular weight excluding hydrogens is 315 g/mol. The van der Waals surface area contributed by atoms with Crippen molar-refractivity contribution in [1.29, 1.82) is 0 Å². The van der Waals surface area contributed by atoms with E-state index in [4.69, 9.17) is 5.11 Å². The summed E-state index contributed by atoms with van der Waals surface area (Å²) in [5.74, 6) is -0.229. The van der Waals surface area contributed by atoms with Crippen molar-refractivity contribution in [3.8, 4) is 0 Å². The predicted octanol–water partition coefficient (Wildman–Crippen LogP) is 3.12. The summed E-state index contributed by atoms with van der Waals surface area (Å²) in [7, 11) is 0. The molecule has 1 unspecified atom stereocenters. The number of halogens is 2. The van der Waals surface area contributed by atoms with Gasteiger partial charge in [0.2, 0.25) is 0 Å². The van der Waals surface area contributed by atoms with Crippen LogP contribution in [-0.4, -0.2) is 23.8 Å². The van der Waals surface area contributed by atoms with Gasteiger partial charge in [0.25, 0.3) is 0 Å². The highest BCUT2D eigenvalue weighted by atomic mass is 79.9. The number of hydrogen-bond donors (Lipinski definition) is 3. The van der Waals surface area contributed by atoms with Crippen LogP contribution in [-0.2, 0) is 0 Å². The van der Waals surface area contributed by atoms with Crippen molar-refractivity contribution >= 4 is 27.6 Å². The highest BCUT2D eigenvalue weighted by molar-refractivity contribution is 9.10. The number of amides is 2. The topological polar surface area (TPSA) is 61.4 Å². The van der Waals surface area contributed by atoms with Crippen LogP contribution in [0.15, 0.2) is 22.7 Å². The third-order valence-corrected chi connectivity index (χ3v) is 3.38. The number of aliphatic hydroxyl groups is 1. The van der Waals surface area contributed by atoms with Crippen molar-refractivity contribution in [3.63, 3.8) is 0 Å². The molecular formula is C13H18BrFN2O2. The highest BCUT2D eigenvalue weighted by Crippen LogP contribution is 2.19. The summed E-state index contributed by atoms with van der Waals surface area (Å²) in [6.07, 6.45) is 0.486. The normalized spacial score (nSPS) is 12.3. The second-order valence-corrected chi connectivity index (χ2v) is 5.44. The summed E-state index contributed by atoms with van der Waals surface area (Å²) in [5.41, 5.74) is 0.379. The molecule has 0 saturated carbocycles. The first-order valence-electron chi connectivity index (χ1n) is 6.07. The molecule has 1 atom stereocenters. The van der Waals surface area contributed by atoms with Crippen LogP contribution < -0.4 is 10.6 Å². The van der Waals surface area contributed by atoms with E-state index in [1.54, 1.807) is 6.07 Å². The zero-order valence-corrected chi connectivity index (χ0v) is 12.5. The molecule has 0 aliphatic carbocycles. The van der Waals surface area contributed by atoms with E-state index in [1.165, 1.54) is 12.1 Å². The van der Waals surface area contributed by atoms with Gasteiger partial charge in [-0.05, 0) is 46.5 Å². The van der Waals surface area contributed by atoms with Crippen molar-refractivity contribution in [3.05, 3.63) is 28.5 Å². The maximum atomic E-state index is 13.3. The van der Waals surface area contributed by atoms with Gasteiger partial charge in [0, 0.05) is 18.3 Å². The van der Waals surface area contributed by atoms with Crippen molar-refractivity contribution in [2.45, 2.75) is 26.3 Å². The highest BCUT2D eigenvalue weighted by Gasteiger charge is 2.15. The molecule has 4 nitrogen and oxygen atoms in total. The van der Waals surface area contributed by atoms with E-state index in [-0.39, 0.29) is 18.6 Å². The van der Waals surface area contributed by atoms with Crippen LogP contribution in [0.2, 0.25) is 0 Å². The number of urea groups is 1. The number of nitrogens with one attached hydrogen (secondary N) is 2. The van der Waals surface area contributed by atoms with Crippen LogP contribution >= 0.6 is 15.9 Å². The molecule has 1 aromatic carbocycles. The number of benzene rings is 1. The lowest BCUT2D eigenvalue weighted by atomic mass is 10.0. The molecule has 0 aliphatic heterocycles. The molecule has 0 saturated heterocycles. The van der Waals surface area contributed by atoms with Gasteiger partial charge in [-0.25, -0.2) is 9.18 Å². The minimum absolute atomic E-state index is 0.00996. The molecule has 106 valence electrons. The van der Waals surface area contributed by atoms with Gasteiger partial charge < -0.3 is 15.7 Å². The molecule has 0 spiro atoms. The fourth-order valence-electron chi connectivity index (χ4n) is 1.62. The summed E-state index contributed by atoms with van der Waals surface area (Å²) < 4.78 is 13.6. The first-order valence-corrected chi connectivity index (χ1v) is 6.86. The number of rotatable bonds is 5. The standard InChI is InChI=1S/C13H18BrFN2O2/c1-8(2)12(5-6-18)17-13(19)16-9-3-4-10(14)11(15)7-9/h3-4,7-8,12,18H,5-6H2,1-2H3,(H2,16,17,19). The van der Waals surface area contributed by atoms with E-state index in [1.807, 2.05) is 13.8 Å². The Morgan fingerprint density at radius 3 is 2.68 bits per heavy atom. The van der Waals surface area contributed by atoms with Crippen molar-refractivity contribution < 1.29 is 14.3 Å². The quantitative estimate of drug-likeness (QED) is 0.775. The van der Waals surface area contributed by atoms with E-state index >= 15 is 0 Å². The number of hydrogen-bond acceptors (Lipinski definition) is 2. The van der Waals surface area contributed by atoms with E-state index < -0.39 is 11.8 Å². The van der Waals surface area contributed by atoms with Gasteiger partial charge in [-0.1, -0.05) is 13.8 Å². The molecule has 0 bridgehead atoms. The van der Waals surface area contributed by atoms with Crippen LogP contribution in [0.4, 0.5) is 14.9 Å². The molecule has 0 aliphatic rings. The molecule has 0 radical (unpaired) electrons. The van der Waals surface area contributed by atoms with Crippen LogP contribution in [0.25, 0.3) is 0 Å². The van der Waals surface area contributed by atoms with Crippen LogP contribution in [0, 0.1) is 11.7 Å². The molecule has 0 fully saturated rings. The first kappa shape index (κ1) is 15.9. The summed E-state index contributed by atoms with van der Waals surface area (Å²) in [5, 5.41) is 14.2. The third-order valence-electron chi connectivity index (χ3n) is 2.74. The molecule has 6 heteroatoms. The Bertz CT molecular complexity index is 441. The van der Waals surface area contributed by atoms with Crippen molar-refractivity contribution in [1.82, 2.24) is 5.32 Å². The number of carbonyl (C=O) groups excluding carboxylic acids is 1. The SMILES string of the molecule is CC(C)C(CCO)NC(=O)Nc1ccc(Br)c(F)c1. The second-order valence-electron chi connectivity index (χ2n) is 4.59. The molecule has 0 heterocycles.